The van der Waals surface area contributed by atoms with Crippen LogP contribution >= 0.6 is 0 Å². The minimum absolute atomic E-state index is 0.189. The smallest absolute Gasteiger partial charge is 0.422 e. The quantitative estimate of drug-likeness (QED) is 0.760. The van der Waals surface area contributed by atoms with Crippen LogP contribution in [0.25, 0.3) is 0 Å². The van der Waals surface area contributed by atoms with Gasteiger partial charge in [-0.3, -0.25) is 10.1 Å². The first kappa shape index (κ1) is 17.5. The van der Waals surface area contributed by atoms with Gasteiger partial charge in [0.2, 0.25) is 11.8 Å². The molecular formula is C12H15F3N4O3. The van der Waals surface area contributed by atoms with Gasteiger partial charge in [-0.2, -0.15) is 13.2 Å². The van der Waals surface area contributed by atoms with Crippen LogP contribution in [0, 0.1) is 0 Å². The van der Waals surface area contributed by atoms with E-state index in [0.29, 0.717) is 5.69 Å². The molecule has 1 rings (SSSR count). The lowest BCUT2D eigenvalue weighted by molar-refractivity contribution is -0.154. The van der Waals surface area contributed by atoms with E-state index in [4.69, 9.17) is 0 Å². The number of hydrogen-bond acceptors (Lipinski definition) is 5. The Kier molecular flexibility index (Phi) is 5.96. The Morgan fingerprint density at radius 3 is 2.55 bits per heavy atom. The molecule has 0 radical (unpaired) electrons. The van der Waals surface area contributed by atoms with Crippen molar-refractivity contribution in [2.45, 2.75) is 19.1 Å². The van der Waals surface area contributed by atoms with Gasteiger partial charge in [0.1, 0.15) is 6.04 Å². The number of nitrogens with one attached hydrogen (secondary N) is 3. The molecule has 0 aliphatic carbocycles. The summed E-state index contributed by atoms with van der Waals surface area (Å²) in [7, 11) is 1.37. The maximum absolute atomic E-state index is 12.0. The van der Waals surface area contributed by atoms with E-state index in [9.17, 15) is 22.8 Å². The van der Waals surface area contributed by atoms with Gasteiger partial charge in [-0.1, -0.05) is 0 Å². The topological polar surface area (TPSA) is 92.4 Å². The first-order valence-electron chi connectivity index (χ1n) is 6.16. The van der Waals surface area contributed by atoms with Crippen LogP contribution in [0.2, 0.25) is 0 Å². The van der Waals surface area contributed by atoms with Crippen molar-refractivity contribution in [3.8, 4) is 5.88 Å². The van der Waals surface area contributed by atoms with Gasteiger partial charge in [0.15, 0.2) is 6.61 Å². The molecule has 0 unspecified atom stereocenters. The number of nitrogens with zero attached hydrogens (tertiary/aromatic N) is 1. The number of imide groups is 1. The second-order valence-electron chi connectivity index (χ2n) is 4.22. The molecule has 0 bridgehead atoms. The number of halogens is 3. The van der Waals surface area contributed by atoms with Crippen molar-refractivity contribution >= 4 is 17.6 Å². The van der Waals surface area contributed by atoms with Crippen LogP contribution in [-0.4, -0.2) is 42.8 Å². The Bertz CT molecular complexity index is 519. The highest BCUT2D eigenvalue weighted by Gasteiger charge is 2.28. The molecule has 22 heavy (non-hydrogen) atoms. The molecule has 3 amide bonds. The molecular weight excluding hydrogens is 305 g/mol. The lowest BCUT2D eigenvalue weighted by atomic mass is 10.3. The third kappa shape index (κ3) is 6.29. The van der Waals surface area contributed by atoms with Crippen molar-refractivity contribution in [3.05, 3.63) is 18.3 Å². The molecule has 0 aliphatic rings. The molecule has 0 saturated heterocycles. The number of pyridine rings is 1. The Morgan fingerprint density at radius 2 is 2.05 bits per heavy atom. The molecule has 1 heterocycles. The predicted molar refractivity (Wildman–Crippen MR) is 71.5 cm³/mol. The van der Waals surface area contributed by atoms with E-state index in [0.717, 1.165) is 0 Å². The van der Waals surface area contributed by atoms with Crippen LogP contribution < -0.4 is 20.7 Å². The normalized spacial score (nSPS) is 12.2. The number of amides is 3. The molecule has 0 fully saturated rings. The van der Waals surface area contributed by atoms with Crippen LogP contribution in [0.1, 0.15) is 6.92 Å². The number of alkyl halides is 3. The zero-order valence-electron chi connectivity index (χ0n) is 11.8. The summed E-state index contributed by atoms with van der Waals surface area (Å²) >= 11 is 0. The fraction of sp³-hybridized carbons (Fsp3) is 0.417. The lowest BCUT2D eigenvalue weighted by Gasteiger charge is -2.14. The predicted octanol–water partition coefficient (Wildman–Crippen LogP) is 1.28. The molecule has 0 spiro atoms. The second-order valence-corrected chi connectivity index (χ2v) is 4.22. The van der Waals surface area contributed by atoms with Crippen molar-refractivity contribution < 1.29 is 27.5 Å². The molecule has 3 N–H and O–H groups in total. The third-order valence-corrected chi connectivity index (χ3v) is 2.36. The fourth-order valence-electron chi connectivity index (χ4n) is 1.31. The maximum Gasteiger partial charge on any atom is 0.422 e. The number of carbonyl (C=O) groups is 2. The Labute approximate surface area is 124 Å². The van der Waals surface area contributed by atoms with Gasteiger partial charge in [0, 0.05) is 13.1 Å². The summed E-state index contributed by atoms with van der Waals surface area (Å²) in [6, 6.07) is 1.24. The summed E-state index contributed by atoms with van der Waals surface area (Å²) in [6.07, 6.45) is -3.22. The van der Waals surface area contributed by atoms with E-state index in [1.54, 1.807) is 0 Å². The molecule has 1 aromatic heterocycles. The molecule has 7 nitrogen and oxygen atoms in total. The summed E-state index contributed by atoms with van der Waals surface area (Å²) in [5.74, 6) is -0.762. The zero-order chi connectivity index (χ0) is 16.8. The van der Waals surface area contributed by atoms with E-state index in [1.165, 1.54) is 32.3 Å². The first-order valence-corrected chi connectivity index (χ1v) is 6.16. The van der Waals surface area contributed by atoms with Crippen molar-refractivity contribution in [1.82, 2.24) is 15.6 Å². The fourth-order valence-corrected chi connectivity index (χ4v) is 1.31. The summed E-state index contributed by atoms with van der Waals surface area (Å²) in [5.41, 5.74) is 0.388. The largest absolute Gasteiger partial charge is 0.468 e. The molecule has 0 aliphatic heterocycles. The summed E-state index contributed by atoms with van der Waals surface area (Å²) in [5, 5.41) is 7.04. The average molecular weight is 320 g/mol. The van der Waals surface area contributed by atoms with E-state index < -0.39 is 30.8 Å². The van der Waals surface area contributed by atoms with Crippen LogP contribution in [0.3, 0.4) is 0 Å². The number of ether oxygens (including phenoxy) is 1. The van der Waals surface area contributed by atoms with Crippen LogP contribution in [0.15, 0.2) is 18.3 Å². The number of rotatable bonds is 5. The van der Waals surface area contributed by atoms with Gasteiger partial charge < -0.3 is 15.4 Å². The SMILES string of the molecule is CNC(=O)NC(=O)[C@@H](C)Nc1ccc(OCC(F)(F)F)nc1. The Hall–Kier alpha value is -2.52. The van der Waals surface area contributed by atoms with E-state index in [1.807, 2.05) is 0 Å². The van der Waals surface area contributed by atoms with Crippen molar-refractivity contribution in [2.75, 3.05) is 19.0 Å². The van der Waals surface area contributed by atoms with E-state index >= 15 is 0 Å². The van der Waals surface area contributed by atoms with E-state index in [2.05, 4.69) is 25.7 Å². The van der Waals surface area contributed by atoms with E-state index in [-0.39, 0.29) is 5.88 Å². The lowest BCUT2D eigenvalue weighted by Crippen LogP contribution is -2.44. The summed E-state index contributed by atoms with van der Waals surface area (Å²) in [4.78, 5) is 26.3. The molecule has 1 atom stereocenters. The van der Waals surface area contributed by atoms with Crippen LogP contribution in [0.5, 0.6) is 5.88 Å². The minimum atomic E-state index is -4.44. The highest BCUT2D eigenvalue weighted by Crippen LogP contribution is 2.18. The van der Waals surface area contributed by atoms with Gasteiger partial charge in [0.05, 0.1) is 11.9 Å². The van der Waals surface area contributed by atoms with Crippen molar-refractivity contribution in [1.29, 1.82) is 0 Å². The monoisotopic (exact) mass is 320 g/mol. The molecule has 122 valence electrons. The van der Waals surface area contributed by atoms with Crippen molar-refractivity contribution in [3.63, 3.8) is 0 Å². The summed E-state index contributed by atoms with van der Waals surface area (Å²) < 4.78 is 40.4. The minimum Gasteiger partial charge on any atom is -0.468 e. The zero-order valence-corrected chi connectivity index (χ0v) is 11.8. The number of carbonyl (C=O) groups excluding carboxylic acids is 2. The first-order chi connectivity index (χ1) is 10.2. The molecule has 10 heteroatoms. The van der Waals surface area contributed by atoms with Crippen LogP contribution in [-0.2, 0) is 4.79 Å². The molecule has 1 aromatic rings. The summed E-state index contributed by atoms with van der Waals surface area (Å²) in [6.45, 7) is 0.0735. The molecule has 0 saturated carbocycles. The standard InChI is InChI=1S/C12H15F3N4O3/c1-7(10(20)19-11(21)16-2)18-8-3-4-9(17-5-8)22-6-12(13,14)15/h3-5,7,18H,6H2,1-2H3,(H2,16,19,20,21)/t7-/m1/s1. The highest BCUT2D eigenvalue weighted by atomic mass is 19.4. The number of hydrogen-bond donors (Lipinski definition) is 3. The van der Waals surface area contributed by atoms with Crippen LogP contribution in [0.4, 0.5) is 23.7 Å². The third-order valence-electron chi connectivity index (χ3n) is 2.36. The maximum atomic E-state index is 12.0. The highest BCUT2D eigenvalue weighted by molar-refractivity contribution is 5.97. The van der Waals surface area contributed by atoms with Gasteiger partial charge in [-0.15, -0.1) is 0 Å². The molecule has 0 aromatic carbocycles. The Balaban J connectivity index is 2.53. The number of anilines is 1. The van der Waals surface area contributed by atoms with Gasteiger partial charge in [-0.05, 0) is 13.0 Å². The number of urea groups is 1. The van der Waals surface area contributed by atoms with Gasteiger partial charge in [-0.25, -0.2) is 9.78 Å². The van der Waals surface area contributed by atoms with Crippen molar-refractivity contribution in [2.24, 2.45) is 0 Å². The Morgan fingerprint density at radius 1 is 1.36 bits per heavy atom. The van der Waals surface area contributed by atoms with Gasteiger partial charge >= 0.3 is 12.2 Å². The second kappa shape index (κ2) is 7.48. The number of aromatic nitrogens is 1. The van der Waals surface area contributed by atoms with Gasteiger partial charge in [0.25, 0.3) is 0 Å². The average Bonchev–Trinajstić information content (AvgIpc) is 2.45.